The van der Waals surface area contributed by atoms with E-state index in [0.29, 0.717) is 11.2 Å². The first kappa shape index (κ1) is 11.7. The van der Waals surface area contributed by atoms with Gasteiger partial charge in [0.25, 0.3) is 0 Å². The molecule has 0 bridgehead atoms. The van der Waals surface area contributed by atoms with E-state index in [1.54, 1.807) is 12.3 Å². The number of H-pyrrole nitrogens is 1. The molecule has 0 aliphatic rings. The lowest BCUT2D eigenvalue weighted by molar-refractivity contribution is 0.448. The summed E-state index contributed by atoms with van der Waals surface area (Å²) in [5.41, 5.74) is 1.78. The van der Waals surface area contributed by atoms with E-state index in [-0.39, 0.29) is 11.4 Å². The third kappa shape index (κ3) is 1.85. The molecule has 0 aliphatic heterocycles. The van der Waals surface area contributed by atoms with Crippen LogP contribution in [0.25, 0.3) is 22.6 Å². The lowest BCUT2D eigenvalue weighted by atomic mass is 10.2. The summed E-state index contributed by atoms with van der Waals surface area (Å²) in [6, 6.07) is 3.79. The average molecular weight is 263 g/mol. The number of fused-ring (bicyclic) bond motifs is 1. The molecular weight excluding hydrogens is 255 g/mol. The van der Waals surface area contributed by atoms with Crippen LogP contribution >= 0.6 is 0 Å². The van der Waals surface area contributed by atoms with Crippen molar-refractivity contribution in [3.8, 4) is 11.4 Å². The number of imidazole rings is 1. The van der Waals surface area contributed by atoms with Crippen molar-refractivity contribution in [2.24, 2.45) is 0 Å². The van der Waals surface area contributed by atoms with Gasteiger partial charge in [0, 0.05) is 6.20 Å². The average Bonchev–Trinajstić information content (AvgIpc) is 2.78. The molecule has 0 spiro atoms. The highest BCUT2D eigenvalue weighted by Gasteiger charge is 2.17. The minimum Gasteiger partial charge on any atom is -0.336 e. The maximum atomic E-state index is 13.7. The number of pyridine rings is 1. The third-order valence-electron chi connectivity index (χ3n) is 2.76. The second kappa shape index (κ2) is 4.08. The van der Waals surface area contributed by atoms with Gasteiger partial charge in [-0.3, -0.25) is 0 Å². The van der Waals surface area contributed by atoms with Crippen LogP contribution in [0.5, 0.6) is 0 Å². The molecule has 2 heterocycles. The Morgan fingerprint density at radius 1 is 1.11 bits per heavy atom. The van der Waals surface area contributed by atoms with E-state index >= 15 is 0 Å². The molecule has 19 heavy (non-hydrogen) atoms. The number of nitrogens with one attached hydrogen (secondary N) is 1. The predicted octanol–water partition coefficient (Wildman–Crippen LogP) is 3.35. The Balaban J connectivity index is 2.22. The molecule has 2 aromatic heterocycles. The second-order valence-corrected chi connectivity index (χ2v) is 4.19. The molecule has 0 atom stereocenters. The highest BCUT2D eigenvalue weighted by Crippen LogP contribution is 2.25. The first-order chi connectivity index (χ1) is 9.06. The van der Waals surface area contributed by atoms with Crippen molar-refractivity contribution in [1.82, 2.24) is 15.0 Å². The maximum absolute atomic E-state index is 13.7. The fraction of sp³-hybridized carbons (Fsp3) is 0.0769. The van der Waals surface area contributed by atoms with E-state index in [2.05, 4.69) is 15.0 Å². The molecule has 0 unspecified atom stereocenters. The number of rotatable bonds is 1. The molecule has 0 fully saturated rings. The summed E-state index contributed by atoms with van der Waals surface area (Å²) in [6.07, 6.45) is 1.62. The van der Waals surface area contributed by atoms with E-state index < -0.39 is 17.5 Å². The van der Waals surface area contributed by atoms with Gasteiger partial charge in [0.1, 0.15) is 5.82 Å². The van der Waals surface area contributed by atoms with Gasteiger partial charge in [-0.05, 0) is 30.7 Å². The van der Waals surface area contributed by atoms with Crippen molar-refractivity contribution in [3.05, 3.63) is 47.4 Å². The molecule has 1 N–H and O–H groups in total. The van der Waals surface area contributed by atoms with Crippen molar-refractivity contribution in [2.45, 2.75) is 6.92 Å². The summed E-state index contributed by atoms with van der Waals surface area (Å²) in [6.45, 7) is 1.85. The summed E-state index contributed by atoms with van der Waals surface area (Å²) < 4.78 is 39.7. The molecule has 0 radical (unpaired) electrons. The van der Waals surface area contributed by atoms with Crippen LogP contribution in [0.1, 0.15) is 5.56 Å². The molecule has 3 aromatic rings. The second-order valence-electron chi connectivity index (χ2n) is 4.19. The molecule has 0 saturated carbocycles. The minimum atomic E-state index is -1.51. The molecule has 1 aromatic carbocycles. The largest absolute Gasteiger partial charge is 0.336 e. The number of aryl methyl sites for hydroxylation is 1. The number of nitrogens with zero attached hydrogens (tertiary/aromatic N) is 2. The van der Waals surface area contributed by atoms with Crippen LogP contribution in [0.3, 0.4) is 0 Å². The van der Waals surface area contributed by atoms with Crippen LogP contribution in [-0.4, -0.2) is 15.0 Å². The minimum absolute atomic E-state index is 0.115. The summed E-state index contributed by atoms with van der Waals surface area (Å²) in [5, 5.41) is 0. The highest BCUT2D eigenvalue weighted by atomic mass is 19.2. The zero-order chi connectivity index (χ0) is 13.6. The van der Waals surface area contributed by atoms with Gasteiger partial charge in [0.15, 0.2) is 23.1 Å². The Hall–Kier alpha value is -2.37. The van der Waals surface area contributed by atoms with Crippen molar-refractivity contribution in [1.29, 1.82) is 0 Å². The fourth-order valence-corrected chi connectivity index (χ4v) is 1.84. The quantitative estimate of drug-likeness (QED) is 0.684. The van der Waals surface area contributed by atoms with Gasteiger partial charge in [-0.25, -0.2) is 23.1 Å². The number of aromatic nitrogens is 3. The highest BCUT2D eigenvalue weighted by molar-refractivity contribution is 5.76. The van der Waals surface area contributed by atoms with E-state index in [9.17, 15) is 13.2 Å². The molecule has 6 heteroatoms. The van der Waals surface area contributed by atoms with E-state index in [1.165, 1.54) is 0 Å². The maximum Gasteiger partial charge on any atom is 0.195 e. The molecule has 0 saturated heterocycles. The Morgan fingerprint density at radius 3 is 2.68 bits per heavy atom. The molecule has 96 valence electrons. The van der Waals surface area contributed by atoms with E-state index in [4.69, 9.17) is 0 Å². The lowest BCUT2D eigenvalue weighted by Gasteiger charge is -2.00. The van der Waals surface area contributed by atoms with Crippen LogP contribution in [-0.2, 0) is 0 Å². The summed E-state index contributed by atoms with van der Waals surface area (Å²) >= 11 is 0. The Labute approximate surface area is 106 Å². The number of hydrogen-bond donors (Lipinski definition) is 1. The van der Waals surface area contributed by atoms with E-state index in [0.717, 1.165) is 17.7 Å². The monoisotopic (exact) mass is 263 g/mol. The van der Waals surface area contributed by atoms with Crippen LogP contribution in [0.2, 0.25) is 0 Å². The molecule has 3 rings (SSSR count). The Bertz CT molecular complexity index is 780. The van der Waals surface area contributed by atoms with Gasteiger partial charge in [0.2, 0.25) is 0 Å². The zero-order valence-electron chi connectivity index (χ0n) is 9.84. The van der Waals surface area contributed by atoms with Crippen molar-refractivity contribution >= 4 is 11.2 Å². The van der Waals surface area contributed by atoms with E-state index in [1.807, 2.05) is 6.92 Å². The van der Waals surface area contributed by atoms with Gasteiger partial charge >= 0.3 is 0 Å². The van der Waals surface area contributed by atoms with Crippen molar-refractivity contribution < 1.29 is 13.2 Å². The SMILES string of the molecule is Cc1cnc2nc(-c3ccc(F)c(F)c3F)[nH]c2c1. The number of benzene rings is 1. The number of aromatic amines is 1. The Morgan fingerprint density at radius 2 is 1.89 bits per heavy atom. The summed E-state index contributed by atoms with van der Waals surface area (Å²) in [5.74, 6) is -3.89. The van der Waals surface area contributed by atoms with Gasteiger partial charge < -0.3 is 4.98 Å². The van der Waals surface area contributed by atoms with Gasteiger partial charge in [-0.1, -0.05) is 0 Å². The van der Waals surface area contributed by atoms with Crippen molar-refractivity contribution in [2.75, 3.05) is 0 Å². The van der Waals surface area contributed by atoms with Crippen LogP contribution in [0.15, 0.2) is 24.4 Å². The van der Waals surface area contributed by atoms with Crippen LogP contribution in [0.4, 0.5) is 13.2 Å². The number of hydrogen-bond acceptors (Lipinski definition) is 2. The summed E-state index contributed by atoms with van der Waals surface area (Å²) in [4.78, 5) is 11.0. The normalized spacial score (nSPS) is 11.2. The molecule has 3 nitrogen and oxygen atoms in total. The lowest BCUT2D eigenvalue weighted by Crippen LogP contribution is -1.94. The van der Waals surface area contributed by atoms with Gasteiger partial charge in [0.05, 0.1) is 11.1 Å². The summed E-state index contributed by atoms with van der Waals surface area (Å²) in [7, 11) is 0. The standard InChI is InChI=1S/C13H8F3N3/c1-6-4-9-13(17-5-6)19-12(18-9)7-2-3-8(14)11(16)10(7)15/h2-5H,1H3,(H,17,18,19). The fourth-order valence-electron chi connectivity index (χ4n) is 1.84. The van der Waals surface area contributed by atoms with Crippen LogP contribution < -0.4 is 0 Å². The van der Waals surface area contributed by atoms with Crippen molar-refractivity contribution in [3.63, 3.8) is 0 Å². The number of halogens is 3. The first-order valence-electron chi connectivity index (χ1n) is 5.52. The topological polar surface area (TPSA) is 41.6 Å². The van der Waals surface area contributed by atoms with Gasteiger partial charge in [-0.15, -0.1) is 0 Å². The third-order valence-corrected chi connectivity index (χ3v) is 2.76. The Kier molecular flexibility index (Phi) is 2.51. The first-order valence-corrected chi connectivity index (χ1v) is 5.52. The predicted molar refractivity (Wildman–Crippen MR) is 63.9 cm³/mol. The van der Waals surface area contributed by atoms with Gasteiger partial charge in [-0.2, -0.15) is 0 Å². The molecular formula is C13H8F3N3. The molecule has 0 amide bonds. The zero-order valence-corrected chi connectivity index (χ0v) is 9.84. The smallest absolute Gasteiger partial charge is 0.195 e. The van der Waals surface area contributed by atoms with Crippen LogP contribution in [0, 0.1) is 24.4 Å². The molecule has 0 aliphatic carbocycles.